The van der Waals surface area contributed by atoms with E-state index in [1.54, 1.807) is 17.5 Å². The van der Waals surface area contributed by atoms with E-state index in [2.05, 4.69) is 48.1 Å². The number of aromatic nitrogens is 4. The molecule has 0 radical (unpaired) electrons. The monoisotopic (exact) mass is 363 g/mol. The molecule has 3 aromatic rings. The number of hydrogen-bond donors (Lipinski definition) is 2. The Kier molecular flexibility index (Phi) is 4.31. The second-order valence-electron chi connectivity index (χ2n) is 4.43. The van der Waals surface area contributed by atoms with Crippen LogP contribution in [0.5, 0.6) is 0 Å². The summed E-state index contributed by atoms with van der Waals surface area (Å²) in [5, 5.41) is 5.23. The first-order valence-corrected chi connectivity index (χ1v) is 8.26. The van der Waals surface area contributed by atoms with Crippen LogP contribution in [0.3, 0.4) is 0 Å². The van der Waals surface area contributed by atoms with E-state index in [0.29, 0.717) is 12.5 Å². The number of hydrogen-bond acceptors (Lipinski definition) is 5. The Labute approximate surface area is 135 Å². The summed E-state index contributed by atoms with van der Waals surface area (Å²) in [6.07, 6.45) is 4.57. The summed E-state index contributed by atoms with van der Waals surface area (Å²) in [4.78, 5) is 17.4. The lowest BCUT2D eigenvalue weighted by Crippen LogP contribution is -2.05. The summed E-state index contributed by atoms with van der Waals surface area (Å²) in [6.45, 7) is 2.67. The molecule has 0 aliphatic carbocycles. The Bertz CT molecular complexity index is 736. The average molecular weight is 364 g/mol. The van der Waals surface area contributed by atoms with Crippen LogP contribution >= 0.6 is 27.3 Å². The molecule has 0 saturated heterocycles. The summed E-state index contributed by atoms with van der Waals surface area (Å²) < 4.78 is 1.05. The molecule has 3 heterocycles. The Hall–Kier alpha value is -1.73. The van der Waals surface area contributed by atoms with Gasteiger partial charge < -0.3 is 10.3 Å². The highest BCUT2D eigenvalue weighted by molar-refractivity contribution is 9.10. The Balaban J connectivity index is 1.73. The highest BCUT2D eigenvalue weighted by Crippen LogP contribution is 2.32. The third-order valence-corrected chi connectivity index (χ3v) is 4.84. The zero-order valence-electron chi connectivity index (χ0n) is 11.4. The molecule has 0 unspecified atom stereocenters. The van der Waals surface area contributed by atoms with Crippen molar-refractivity contribution < 1.29 is 0 Å². The number of H-pyrrole nitrogens is 1. The Morgan fingerprint density at radius 3 is 2.95 bits per heavy atom. The van der Waals surface area contributed by atoms with E-state index in [-0.39, 0.29) is 0 Å². The van der Waals surface area contributed by atoms with Crippen LogP contribution in [0, 0.1) is 0 Å². The molecule has 0 aliphatic heterocycles. The summed E-state index contributed by atoms with van der Waals surface area (Å²) in [5.41, 5.74) is 2.03. The van der Waals surface area contributed by atoms with Gasteiger partial charge in [0.2, 0.25) is 5.95 Å². The van der Waals surface area contributed by atoms with Crippen molar-refractivity contribution in [2.45, 2.75) is 19.9 Å². The van der Waals surface area contributed by atoms with Gasteiger partial charge in [-0.25, -0.2) is 15.0 Å². The average Bonchev–Trinajstić information content (AvgIpc) is 3.14. The molecule has 21 heavy (non-hydrogen) atoms. The van der Waals surface area contributed by atoms with E-state index in [4.69, 9.17) is 0 Å². The van der Waals surface area contributed by atoms with E-state index in [0.717, 1.165) is 33.0 Å². The number of thiophene rings is 1. The van der Waals surface area contributed by atoms with Gasteiger partial charge in [-0.15, -0.1) is 11.3 Å². The van der Waals surface area contributed by atoms with Gasteiger partial charge in [0.15, 0.2) is 0 Å². The minimum absolute atomic E-state index is 0.578. The molecule has 0 amide bonds. The molecule has 0 aromatic carbocycles. The van der Waals surface area contributed by atoms with Crippen molar-refractivity contribution in [3.05, 3.63) is 45.9 Å². The first-order valence-electron chi connectivity index (χ1n) is 6.59. The number of anilines is 1. The van der Waals surface area contributed by atoms with Crippen molar-refractivity contribution in [3.63, 3.8) is 0 Å². The third-order valence-electron chi connectivity index (χ3n) is 2.98. The Morgan fingerprint density at radius 2 is 2.24 bits per heavy atom. The van der Waals surface area contributed by atoms with Gasteiger partial charge in [-0.2, -0.15) is 0 Å². The van der Waals surface area contributed by atoms with Gasteiger partial charge in [0.1, 0.15) is 5.82 Å². The lowest BCUT2D eigenvalue weighted by Gasteiger charge is -2.04. The highest BCUT2D eigenvalue weighted by atomic mass is 79.9. The lowest BCUT2D eigenvalue weighted by atomic mass is 10.3. The van der Waals surface area contributed by atoms with Gasteiger partial charge in [0.05, 0.1) is 17.1 Å². The van der Waals surface area contributed by atoms with Crippen LogP contribution < -0.4 is 5.32 Å². The van der Waals surface area contributed by atoms with E-state index in [1.807, 2.05) is 23.7 Å². The highest BCUT2D eigenvalue weighted by Gasteiger charge is 2.08. The first-order chi connectivity index (χ1) is 10.3. The van der Waals surface area contributed by atoms with Crippen molar-refractivity contribution in [1.82, 2.24) is 19.9 Å². The second kappa shape index (κ2) is 6.36. The Morgan fingerprint density at radius 1 is 1.33 bits per heavy atom. The standard InChI is InChI=1S/C14H14BrN5S/c1-2-9-7-17-12(19-9)8-18-14-16-5-3-11(20-14)13-10(15)4-6-21-13/h3-7H,2,8H2,1H3,(H,17,19)(H,16,18,20). The predicted octanol–water partition coefficient (Wildman–Crippen LogP) is 3.87. The van der Waals surface area contributed by atoms with Gasteiger partial charge in [-0.3, -0.25) is 0 Å². The smallest absolute Gasteiger partial charge is 0.223 e. The van der Waals surface area contributed by atoms with Crippen LogP contribution in [0.25, 0.3) is 10.6 Å². The molecule has 3 rings (SSSR count). The first kappa shape index (κ1) is 14.2. The van der Waals surface area contributed by atoms with Gasteiger partial charge in [-0.05, 0) is 39.9 Å². The molecular formula is C14H14BrN5S. The van der Waals surface area contributed by atoms with Gasteiger partial charge in [0, 0.05) is 22.6 Å². The fourth-order valence-electron chi connectivity index (χ4n) is 1.88. The van der Waals surface area contributed by atoms with E-state index >= 15 is 0 Å². The van der Waals surface area contributed by atoms with Crippen LogP contribution in [0.2, 0.25) is 0 Å². The van der Waals surface area contributed by atoms with Crippen LogP contribution in [0.15, 0.2) is 34.4 Å². The molecule has 0 fully saturated rings. The van der Waals surface area contributed by atoms with Crippen LogP contribution in [0.4, 0.5) is 5.95 Å². The number of halogens is 1. The van der Waals surface area contributed by atoms with Crippen LogP contribution in [-0.4, -0.2) is 19.9 Å². The number of aryl methyl sites for hydroxylation is 1. The number of nitrogens with zero attached hydrogens (tertiary/aromatic N) is 3. The largest absolute Gasteiger partial charge is 0.347 e. The number of nitrogens with one attached hydrogen (secondary N) is 2. The lowest BCUT2D eigenvalue weighted by molar-refractivity contribution is 0.950. The van der Waals surface area contributed by atoms with E-state index < -0.39 is 0 Å². The second-order valence-corrected chi connectivity index (χ2v) is 6.20. The number of rotatable bonds is 5. The molecule has 0 bridgehead atoms. The molecule has 3 aromatic heterocycles. The normalized spacial score (nSPS) is 10.8. The topological polar surface area (TPSA) is 66.5 Å². The van der Waals surface area contributed by atoms with Crippen molar-refractivity contribution >= 4 is 33.2 Å². The molecule has 0 saturated carbocycles. The molecule has 2 N–H and O–H groups in total. The fraction of sp³-hybridized carbons (Fsp3) is 0.214. The third kappa shape index (κ3) is 3.30. The minimum Gasteiger partial charge on any atom is -0.347 e. The molecule has 7 heteroatoms. The van der Waals surface area contributed by atoms with Gasteiger partial charge in [-0.1, -0.05) is 6.92 Å². The van der Waals surface area contributed by atoms with Crippen molar-refractivity contribution in [2.24, 2.45) is 0 Å². The molecule has 0 spiro atoms. The van der Waals surface area contributed by atoms with Gasteiger partial charge >= 0.3 is 0 Å². The molecule has 0 aliphatic rings. The predicted molar refractivity (Wildman–Crippen MR) is 88.3 cm³/mol. The maximum Gasteiger partial charge on any atom is 0.223 e. The van der Waals surface area contributed by atoms with Crippen LogP contribution in [0.1, 0.15) is 18.4 Å². The van der Waals surface area contributed by atoms with Crippen molar-refractivity contribution in [2.75, 3.05) is 5.32 Å². The maximum atomic E-state index is 4.53. The van der Waals surface area contributed by atoms with Gasteiger partial charge in [0.25, 0.3) is 0 Å². The zero-order chi connectivity index (χ0) is 14.7. The molecule has 0 atom stereocenters. The van der Waals surface area contributed by atoms with Crippen molar-refractivity contribution in [3.8, 4) is 10.6 Å². The van der Waals surface area contributed by atoms with E-state index in [1.165, 1.54) is 0 Å². The summed E-state index contributed by atoms with van der Waals surface area (Å²) in [6, 6.07) is 3.92. The summed E-state index contributed by atoms with van der Waals surface area (Å²) >= 11 is 5.18. The number of aromatic amines is 1. The number of imidazole rings is 1. The summed E-state index contributed by atoms with van der Waals surface area (Å²) in [5.74, 6) is 1.49. The molecule has 108 valence electrons. The van der Waals surface area contributed by atoms with E-state index in [9.17, 15) is 0 Å². The molecular weight excluding hydrogens is 350 g/mol. The van der Waals surface area contributed by atoms with Crippen LogP contribution in [-0.2, 0) is 13.0 Å². The quantitative estimate of drug-likeness (QED) is 0.721. The molecule has 5 nitrogen and oxygen atoms in total. The van der Waals surface area contributed by atoms with Crippen molar-refractivity contribution in [1.29, 1.82) is 0 Å². The summed E-state index contributed by atoms with van der Waals surface area (Å²) in [7, 11) is 0. The fourth-order valence-corrected chi connectivity index (χ4v) is 3.43. The zero-order valence-corrected chi connectivity index (χ0v) is 13.8. The maximum absolute atomic E-state index is 4.53. The SMILES string of the molecule is CCc1cnc(CNc2nccc(-c3sccc3Br)n2)[nH]1. The minimum atomic E-state index is 0.578.